The second kappa shape index (κ2) is 9.22. The second-order valence-electron chi connectivity index (χ2n) is 7.93. The largest absolute Gasteiger partial charge is 0.455 e. The maximum atomic E-state index is 12.6. The maximum Gasteiger partial charge on any atom is 0.311 e. The number of amides is 2. The fourth-order valence-corrected chi connectivity index (χ4v) is 4.06. The van der Waals surface area contributed by atoms with E-state index in [0.717, 1.165) is 43.4 Å². The monoisotopic (exact) mass is 386 g/mol. The number of rotatable bonds is 7. The molecule has 2 aliphatic rings. The van der Waals surface area contributed by atoms with Crippen molar-refractivity contribution in [3.8, 4) is 0 Å². The third-order valence-electron chi connectivity index (χ3n) is 5.90. The molecule has 3 rings (SSSR count). The predicted molar refractivity (Wildman–Crippen MR) is 107 cm³/mol. The normalized spacial score (nSPS) is 21.0. The highest BCUT2D eigenvalue weighted by molar-refractivity contribution is 6.00. The Balaban J connectivity index is 1.57. The van der Waals surface area contributed by atoms with Crippen LogP contribution in [0.15, 0.2) is 24.3 Å². The minimum Gasteiger partial charge on any atom is -0.455 e. The number of nitrogens with zero attached hydrogens (tertiary/aromatic N) is 1. The highest BCUT2D eigenvalue weighted by atomic mass is 16.5. The highest BCUT2D eigenvalue weighted by Crippen LogP contribution is 2.33. The summed E-state index contributed by atoms with van der Waals surface area (Å²) >= 11 is 0. The molecule has 1 N–H and O–H groups in total. The SMILES string of the molecule is CC[C@@H](C)c1ccccc1N1C[C@H](C(=O)OCC(=O)NC2CCCC2)CC1=O. The summed E-state index contributed by atoms with van der Waals surface area (Å²) in [6.45, 7) is 4.27. The lowest BCUT2D eigenvalue weighted by molar-refractivity contribution is -0.152. The van der Waals surface area contributed by atoms with Crippen LogP contribution in [-0.4, -0.2) is 37.0 Å². The Morgan fingerprint density at radius 1 is 1.25 bits per heavy atom. The van der Waals surface area contributed by atoms with E-state index in [4.69, 9.17) is 4.74 Å². The van der Waals surface area contributed by atoms with Crippen molar-refractivity contribution < 1.29 is 19.1 Å². The summed E-state index contributed by atoms with van der Waals surface area (Å²) in [4.78, 5) is 38.6. The quantitative estimate of drug-likeness (QED) is 0.731. The van der Waals surface area contributed by atoms with Crippen LogP contribution >= 0.6 is 0 Å². The van der Waals surface area contributed by atoms with Gasteiger partial charge in [-0.15, -0.1) is 0 Å². The van der Waals surface area contributed by atoms with Gasteiger partial charge >= 0.3 is 5.97 Å². The molecule has 6 nitrogen and oxygen atoms in total. The zero-order chi connectivity index (χ0) is 20.1. The number of benzene rings is 1. The van der Waals surface area contributed by atoms with E-state index in [2.05, 4.69) is 19.2 Å². The van der Waals surface area contributed by atoms with E-state index >= 15 is 0 Å². The van der Waals surface area contributed by atoms with Crippen molar-refractivity contribution in [2.45, 2.75) is 64.3 Å². The number of nitrogens with one attached hydrogen (secondary N) is 1. The van der Waals surface area contributed by atoms with Gasteiger partial charge in [0.25, 0.3) is 5.91 Å². The molecule has 2 fully saturated rings. The van der Waals surface area contributed by atoms with Gasteiger partial charge in [-0.05, 0) is 36.8 Å². The molecule has 2 amide bonds. The molecule has 1 aromatic rings. The summed E-state index contributed by atoms with van der Waals surface area (Å²) in [6, 6.07) is 8.05. The van der Waals surface area contributed by atoms with Gasteiger partial charge < -0.3 is 15.0 Å². The number of carbonyl (C=O) groups is 3. The maximum absolute atomic E-state index is 12.6. The van der Waals surface area contributed by atoms with Crippen LogP contribution < -0.4 is 10.2 Å². The third-order valence-corrected chi connectivity index (χ3v) is 5.90. The first-order valence-corrected chi connectivity index (χ1v) is 10.3. The molecule has 0 aromatic heterocycles. The molecule has 1 aliphatic carbocycles. The zero-order valence-electron chi connectivity index (χ0n) is 16.8. The van der Waals surface area contributed by atoms with Gasteiger partial charge in [0.1, 0.15) is 0 Å². The minimum atomic E-state index is -0.531. The van der Waals surface area contributed by atoms with Crippen LogP contribution in [0.4, 0.5) is 5.69 Å². The van der Waals surface area contributed by atoms with E-state index < -0.39 is 11.9 Å². The van der Waals surface area contributed by atoms with Crippen LogP contribution in [0.3, 0.4) is 0 Å². The van der Waals surface area contributed by atoms with Gasteiger partial charge in [-0.2, -0.15) is 0 Å². The van der Waals surface area contributed by atoms with E-state index in [1.165, 1.54) is 0 Å². The van der Waals surface area contributed by atoms with E-state index in [1.54, 1.807) is 4.90 Å². The standard InChI is InChI=1S/C22H30N2O4/c1-3-15(2)18-10-6-7-11-19(18)24-13-16(12-21(24)26)22(27)28-14-20(25)23-17-8-4-5-9-17/h6-7,10-11,15-17H,3-5,8-9,12-14H2,1-2H3,(H,23,25)/t15-,16-/m1/s1. The van der Waals surface area contributed by atoms with Crippen LogP contribution in [-0.2, 0) is 19.1 Å². The van der Waals surface area contributed by atoms with Crippen molar-refractivity contribution in [1.29, 1.82) is 0 Å². The van der Waals surface area contributed by atoms with Crippen molar-refractivity contribution in [3.63, 3.8) is 0 Å². The van der Waals surface area contributed by atoms with Crippen molar-refractivity contribution >= 4 is 23.5 Å². The Hall–Kier alpha value is -2.37. The van der Waals surface area contributed by atoms with Crippen LogP contribution in [0.5, 0.6) is 0 Å². The molecule has 6 heteroatoms. The lowest BCUT2D eigenvalue weighted by Gasteiger charge is -2.23. The predicted octanol–water partition coefficient (Wildman–Crippen LogP) is 3.16. The fourth-order valence-electron chi connectivity index (χ4n) is 4.06. The van der Waals surface area contributed by atoms with Gasteiger partial charge in [0.2, 0.25) is 5.91 Å². The Labute approximate surface area is 166 Å². The number of esters is 1. The van der Waals surface area contributed by atoms with Crippen molar-refractivity contribution in [2.24, 2.45) is 5.92 Å². The molecular formula is C22H30N2O4. The first-order valence-electron chi connectivity index (χ1n) is 10.3. The number of carbonyl (C=O) groups excluding carboxylic acids is 3. The highest BCUT2D eigenvalue weighted by Gasteiger charge is 2.37. The van der Waals surface area contributed by atoms with Crippen LogP contribution in [0.1, 0.15) is 63.9 Å². The van der Waals surface area contributed by atoms with Crippen LogP contribution in [0.2, 0.25) is 0 Å². The Kier molecular flexibility index (Phi) is 6.70. The summed E-state index contributed by atoms with van der Waals surface area (Å²) in [7, 11) is 0. The van der Waals surface area contributed by atoms with Crippen molar-refractivity contribution in [2.75, 3.05) is 18.1 Å². The van der Waals surface area contributed by atoms with Gasteiger partial charge in [-0.3, -0.25) is 14.4 Å². The molecular weight excluding hydrogens is 356 g/mol. The van der Waals surface area contributed by atoms with E-state index in [0.29, 0.717) is 12.5 Å². The molecule has 2 atom stereocenters. The Morgan fingerprint density at radius 2 is 1.96 bits per heavy atom. The summed E-state index contributed by atoms with van der Waals surface area (Å²) in [6.07, 6.45) is 5.33. The lowest BCUT2D eigenvalue weighted by Crippen LogP contribution is -2.36. The zero-order valence-corrected chi connectivity index (χ0v) is 16.8. The first-order chi connectivity index (χ1) is 13.5. The molecule has 1 aliphatic heterocycles. The van der Waals surface area contributed by atoms with Gasteiger partial charge in [0, 0.05) is 24.7 Å². The molecule has 1 heterocycles. The number of para-hydroxylation sites is 1. The van der Waals surface area contributed by atoms with Crippen molar-refractivity contribution in [1.82, 2.24) is 5.32 Å². The van der Waals surface area contributed by atoms with Gasteiger partial charge in [-0.25, -0.2) is 0 Å². The molecule has 28 heavy (non-hydrogen) atoms. The Bertz CT molecular complexity index is 727. The molecule has 0 bridgehead atoms. The molecule has 0 unspecified atom stereocenters. The summed E-state index contributed by atoms with van der Waals surface area (Å²) < 4.78 is 5.20. The van der Waals surface area contributed by atoms with E-state index in [9.17, 15) is 14.4 Å². The average molecular weight is 386 g/mol. The van der Waals surface area contributed by atoms with Crippen LogP contribution in [0.25, 0.3) is 0 Å². The van der Waals surface area contributed by atoms with Gasteiger partial charge in [0.15, 0.2) is 6.61 Å². The molecule has 0 radical (unpaired) electrons. The van der Waals surface area contributed by atoms with Crippen LogP contribution in [0, 0.1) is 5.92 Å². The molecule has 1 aromatic carbocycles. The number of ether oxygens (including phenoxy) is 1. The summed E-state index contributed by atoms with van der Waals surface area (Å²) in [5, 5.41) is 2.90. The molecule has 1 saturated heterocycles. The topological polar surface area (TPSA) is 75.7 Å². The average Bonchev–Trinajstić information content (AvgIpc) is 3.35. The second-order valence-corrected chi connectivity index (χ2v) is 7.93. The van der Waals surface area contributed by atoms with Gasteiger partial charge in [0.05, 0.1) is 5.92 Å². The Morgan fingerprint density at radius 3 is 2.68 bits per heavy atom. The molecule has 1 saturated carbocycles. The molecule has 152 valence electrons. The number of hydrogen-bond donors (Lipinski definition) is 1. The lowest BCUT2D eigenvalue weighted by atomic mass is 9.96. The molecule has 0 spiro atoms. The summed E-state index contributed by atoms with van der Waals surface area (Å²) in [5.41, 5.74) is 1.99. The number of hydrogen-bond acceptors (Lipinski definition) is 4. The first kappa shape index (κ1) is 20.4. The third kappa shape index (κ3) is 4.72. The fraction of sp³-hybridized carbons (Fsp3) is 0.591. The summed E-state index contributed by atoms with van der Waals surface area (Å²) in [5.74, 6) is -1.01. The van der Waals surface area contributed by atoms with Gasteiger partial charge in [-0.1, -0.05) is 44.9 Å². The smallest absolute Gasteiger partial charge is 0.311 e. The minimum absolute atomic E-state index is 0.0758. The van der Waals surface area contributed by atoms with Crippen molar-refractivity contribution in [3.05, 3.63) is 29.8 Å². The number of anilines is 1. The van der Waals surface area contributed by atoms with E-state index in [1.807, 2.05) is 24.3 Å². The van der Waals surface area contributed by atoms with E-state index in [-0.39, 0.29) is 30.9 Å².